The maximum absolute atomic E-state index is 13.2. The van der Waals surface area contributed by atoms with Crippen molar-refractivity contribution in [3.05, 3.63) is 60.2 Å². The van der Waals surface area contributed by atoms with Gasteiger partial charge in [0.2, 0.25) is 15.9 Å². The van der Waals surface area contributed by atoms with Crippen molar-refractivity contribution in [2.24, 2.45) is 5.92 Å². The summed E-state index contributed by atoms with van der Waals surface area (Å²) in [6.45, 7) is 7.05. The Bertz CT molecular complexity index is 1020. The summed E-state index contributed by atoms with van der Waals surface area (Å²) in [6.07, 6.45) is 1.43. The molecule has 33 heavy (non-hydrogen) atoms. The van der Waals surface area contributed by atoms with Crippen molar-refractivity contribution in [1.82, 2.24) is 14.1 Å². The number of piperazine rings is 1. The molecule has 0 radical (unpaired) electrons. The second-order valence-electron chi connectivity index (χ2n) is 8.69. The van der Waals surface area contributed by atoms with Crippen molar-refractivity contribution in [1.29, 1.82) is 0 Å². The highest BCUT2D eigenvalue weighted by molar-refractivity contribution is 7.89. The van der Waals surface area contributed by atoms with Crippen molar-refractivity contribution in [3.8, 4) is 5.75 Å². The first-order valence-electron chi connectivity index (χ1n) is 11.8. The normalized spacial score (nSPS) is 20.5. The zero-order valence-electron chi connectivity index (χ0n) is 19.2. The molecule has 1 atom stereocenters. The average molecular weight is 472 g/mol. The molecule has 0 bridgehead atoms. The Labute approximate surface area is 197 Å². The van der Waals surface area contributed by atoms with Gasteiger partial charge in [-0.05, 0) is 49.6 Å². The van der Waals surface area contributed by atoms with E-state index in [9.17, 15) is 13.2 Å². The first-order chi connectivity index (χ1) is 16.0. The lowest BCUT2D eigenvalue weighted by Gasteiger charge is -2.38. The molecular weight excluding hydrogens is 438 g/mol. The molecule has 178 valence electrons. The summed E-state index contributed by atoms with van der Waals surface area (Å²) in [7, 11) is -3.64. The van der Waals surface area contributed by atoms with E-state index in [4.69, 9.17) is 4.74 Å². The van der Waals surface area contributed by atoms with E-state index in [1.54, 1.807) is 24.3 Å². The largest absolute Gasteiger partial charge is 0.494 e. The summed E-state index contributed by atoms with van der Waals surface area (Å²) in [5.41, 5.74) is 1.28. The molecular formula is C25H33N3O4S. The standard InChI is InChI=1S/C25H33N3O4S/c1-2-32-23-10-12-24(13-11-23)33(30,31)28-14-6-9-22(20-28)25(29)27-17-15-26(16-18-27)19-21-7-4-3-5-8-21/h3-5,7-8,10-13,22H,2,6,9,14-20H2,1H3/t22-/m1/s1. The van der Waals surface area contributed by atoms with Crippen LogP contribution in [0, 0.1) is 5.92 Å². The number of hydrogen-bond donors (Lipinski definition) is 0. The van der Waals surface area contributed by atoms with E-state index in [2.05, 4.69) is 17.0 Å². The lowest BCUT2D eigenvalue weighted by atomic mass is 9.97. The van der Waals surface area contributed by atoms with Gasteiger partial charge in [0, 0.05) is 45.8 Å². The first kappa shape index (κ1) is 23.7. The third-order valence-corrected chi connectivity index (χ3v) is 8.32. The highest BCUT2D eigenvalue weighted by Gasteiger charge is 2.35. The molecule has 4 rings (SSSR count). The zero-order valence-corrected chi connectivity index (χ0v) is 20.0. The molecule has 2 aliphatic heterocycles. The lowest BCUT2D eigenvalue weighted by molar-refractivity contribution is -0.138. The van der Waals surface area contributed by atoms with Gasteiger partial charge in [-0.1, -0.05) is 30.3 Å². The predicted molar refractivity (Wildman–Crippen MR) is 127 cm³/mol. The Morgan fingerprint density at radius 1 is 0.970 bits per heavy atom. The smallest absolute Gasteiger partial charge is 0.243 e. The van der Waals surface area contributed by atoms with E-state index in [1.807, 2.05) is 30.0 Å². The Morgan fingerprint density at radius 3 is 2.33 bits per heavy atom. The van der Waals surface area contributed by atoms with Crippen molar-refractivity contribution in [3.63, 3.8) is 0 Å². The minimum atomic E-state index is -3.64. The van der Waals surface area contributed by atoms with E-state index in [1.165, 1.54) is 9.87 Å². The molecule has 2 heterocycles. The van der Waals surface area contributed by atoms with Crippen LogP contribution in [0.3, 0.4) is 0 Å². The molecule has 2 saturated heterocycles. The molecule has 0 saturated carbocycles. The molecule has 0 spiro atoms. The highest BCUT2D eigenvalue weighted by Crippen LogP contribution is 2.26. The number of carbonyl (C=O) groups excluding carboxylic acids is 1. The van der Waals surface area contributed by atoms with E-state index in [-0.39, 0.29) is 23.3 Å². The lowest BCUT2D eigenvalue weighted by Crippen LogP contribution is -2.52. The van der Waals surface area contributed by atoms with Crippen LogP contribution in [0.25, 0.3) is 0 Å². The number of nitrogens with zero attached hydrogens (tertiary/aromatic N) is 3. The minimum absolute atomic E-state index is 0.0842. The topological polar surface area (TPSA) is 70.2 Å². The Balaban J connectivity index is 1.33. The van der Waals surface area contributed by atoms with Crippen LogP contribution in [0.15, 0.2) is 59.5 Å². The van der Waals surface area contributed by atoms with E-state index in [0.29, 0.717) is 38.4 Å². The van der Waals surface area contributed by atoms with Gasteiger partial charge < -0.3 is 9.64 Å². The van der Waals surface area contributed by atoms with Gasteiger partial charge in [0.25, 0.3) is 0 Å². The van der Waals surface area contributed by atoms with Gasteiger partial charge in [0.15, 0.2) is 0 Å². The number of amides is 1. The second kappa shape index (κ2) is 10.7. The van der Waals surface area contributed by atoms with Crippen LogP contribution in [0.4, 0.5) is 0 Å². The van der Waals surface area contributed by atoms with Gasteiger partial charge in [-0.25, -0.2) is 8.42 Å². The van der Waals surface area contributed by atoms with Gasteiger partial charge in [-0.2, -0.15) is 4.31 Å². The zero-order chi connectivity index (χ0) is 23.3. The van der Waals surface area contributed by atoms with Crippen LogP contribution in [0.5, 0.6) is 5.75 Å². The molecule has 8 heteroatoms. The third kappa shape index (κ3) is 5.75. The van der Waals surface area contributed by atoms with E-state index >= 15 is 0 Å². The summed E-state index contributed by atoms with van der Waals surface area (Å²) >= 11 is 0. The molecule has 0 N–H and O–H groups in total. The molecule has 2 aliphatic rings. The van der Waals surface area contributed by atoms with E-state index in [0.717, 1.165) is 26.1 Å². The molecule has 2 aromatic rings. The third-order valence-electron chi connectivity index (χ3n) is 6.44. The van der Waals surface area contributed by atoms with Crippen molar-refractivity contribution < 1.29 is 17.9 Å². The van der Waals surface area contributed by atoms with Gasteiger partial charge in [-0.15, -0.1) is 0 Å². The van der Waals surface area contributed by atoms with E-state index < -0.39 is 10.0 Å². The number of carbonyl (C=O) groups is 1. The quantitative estimate of drug-likeness (QED) is 0.621. The summed E-state index contributed by atoms with van der Waals surface area (Å²) in [6, 6.07) is 16.9. The van der Waals surface area contributed by atoms with Gasteiger partial charge >= 0.3 is 0 Å². The van der Waals surface area contributed by atoms with Crippen molar-refractivity contribution in [2.45, 2.75) is 31.2 Å². The number of piperidine rings is 1. The summed E-state index contributed by atoms with van der Waals surface area (Å²) in [5, 5.41) is 0. The fourth-order valence-electron chi connectivity index (χ4n) is 4.61. The average Bonchev–Trinajstić information content (AvgIpc) is 2.85. The molecule has 7 nitrogen and oxygen atoms in total. The highest BCUT2D eigenvalue weighted by atomic mass is 32.2. The van der Waals surface area contributed by atoms with Crippen LogP contribution in [-0.4, -0.2) is 74.3 Å². The SMILES string of the molecule is CCOc1ccc(S(=O)(=O)N2CCC[C@@H](C(=O)N3CCN(Cc4ccccc4)CC3)C2)cc1. The van der Waals surface area contributed by atoms with Crippen molar-refractivity contribution >= 4 is 15.9 Å². The van der Waals surface area contributed by atoms with Gasteiger partial charge in [0.05, 0.1) is 17.4 Å². The number of rotatable bonds is 7. The molecule has 2 aromatic carbocycles. The monoisotopic (exact) mass is 471 g/mol. The molecule has 0 aliphatic carbocycles. The van der Waals surface area contributed by atoms with Gasteiger partial charge in [0.1, 0.15) is 5.75 Å². The molecule has 2 fully saturated rings. The van der Waals surface area contributed by atoms with Crippen LogP contribution >= 0.6 is 0 Å². The number of sulfonamides is 1. The Morgan fingerprint density at radius 2 is 1.67 bits per heavy atom. The second-order valence-corrected chi connectivity index (χ2v) is 10.6. The van der Waals surface area contributed by atoms with Crippen molar-refractivity contribution in [2.75, 3.05) is 45.9 Å². The Hall–Kier alpha value is -2.42. The number of ether oxygens (including phenoxy) is 1. The molecule has 0 aromatic heterocycles. The maximum Gasteiger partial charge on any atom is 0.243 e. The maximum atomic E-state index is 13.2. The fraction of sp³-hybridized carbons (Fsp3) is 0.480. The fourth-order valence-corrected chi connectivity index (χ4v) is 6.14. The predicted octanol–water partition coefficient (Wildman–Crippen LogP) is 2.83. The minimum Gasteiger partial charge on any atom is -0.494 e. The van der Waals surface area contributed by atoms with Crippen LogP contribution < -0.4 is 4.74 Å². The van der Waals surface area contributed by atoms with Gasteiger partial charge in [-0.3, -0.25) is 9.69 Å². The Kier molecular flexibility index (Phi) is 7.67. The van der Waals surface area contributed by atoms with Crippen LogP contribution in [0.2, 0.25) is 0 Å². The summed E-state index contributed by atoms with van der Waals surface area (Å²) < 4.78 is 33.2. The number of hydrogen-bond acceptors (Lipinski definition) is 5. The molecule has 1 amide bonds. The number of benzene rings is 2. The van der Waals surface area contributed by atoms with Crippen LogP contribution in [-0.2, 0) is 21.4 Å². The van der Waals surface area contributed by atoms with Crippen LogP contribution in [0.1, 0.15) is 25.3 Å². The summed E-state index contributed by atoms with van der Waals surface area (Å²) in [4.78, 5) is 17.7. The first-order valence-corrected chi connectivity index (χ1v) is 13.2. The molecule has 0 unspecified atom stereocenters. The summed E-state index contributed by atoms with van der Waals surface area (Å²) in [5.74, 6) is 0.451.